The molecule has 0 spiro atoms. The zero-order valence-electron chi connectivity index (χ0n) is 15.2. The van der Waals surface area contributed by atoms with E-state index in [1.165, 1.54) is 23.8 Å². The van der Waals surface area contributed by atoms with Gasteiger partial charge in [-0.2, -0.15) is 0 Å². The molecule has 0 radical (unpaired) electrons. The van der Waals surface area contributed by atoms with Crippen molar-refractivity contribution in [2.45, 2.75) is 12.5 Å². The molecule has 1 amide bonds. The summed E-state index contributed by atoms with van der Waals surface area (Å²) in [5.74, 6) is 0.668. The Morgan fingerprint density at radius 1 is 1.23 bits per heavy atom. The van der Waals surface area contributed by atoms with Gasteiger partial charge in [0, 0.05) is 18.7 Å². The van der Waals surface area contributed by atoms with Crippen molar-refractivity contribution in [2.75, 3.05) is 34.4 Å². The van der Waals surface area contributed by atoms with Crippen molar-refractivity contribution >= 4 is 5.91 Å². The average molecular weight is 358 g/mol. The van der Waals surface area contributed by atoms with Crippen LogP contribution in [0.4, 0.5) is 4.39 Å². The maximum atomic E-state index is 13.3. The molecule has 0 aromatic heterocycles. The lowest BCUT2D eigenvalue weighted by atomic mass is 9.92. The molecule has 2 aromatic carbocycles. The van der Waals surface area contributed by atoms with E-state index >= 15 is 0 Å². The van der Waals surface area contributed by atoms with Crippen LogP contribution in [-0.4, -0.2) is 45.2 Å². The Hall–Kier alpha value is -2.60. The lowest BCUT2D eigenvalue weighted by Gasteiger charge is -2.35. The normalized spacial score (nSPS) is 16.7. The molecule has 0 saturated carbocycles. The van der Waals surface area contributed by atoms with Crippen molar-refractivity contribution in [1.29, 1.82) is 0 Å². The molecule has 1 heterocycles. The fourth-order valence-electron chi connectivity index (χ4n) is 3.34. The van der Waals surface area contributed by atoms with E-state index in [2.05, 4.69) is 10.2 Å². The predicted octanol–water partition coefficient (Wildman–Crippen LogP) is 2.80. The van der Waals surface area contributed by atoms with E-state index in [0.717, 1.165) is 18.5 Å². The highest BCUT2D eigenvalue weighted by atomic mass is 19.1. The van der Waals surface area contributed by atoms with Crippen LogP contribution in [0.5, 0.6) is 11.5 Å². The topological polar surface area (TPSA) is 50.8 Å². The number of fused-ring (bicyclic) bond motifs is 1. The van der Waals surface area contributed by atoms with Crippen LogP contribution in [-0.2, 0) is 6.42 Å². The molecule has 138 valence electrons. The minimum atomic E-state index is -0.422. The molecule has 1 atom stereocenters. The molecule has 0 fully saturated rings. The van der Waals surface area contributed by atoms with Crippen LogP contribution >= 0.6 is 0 Å². The summed E-state index contributed by atoms with van der Waals surface area (Å²) in [7, 11) is 5.26. The Kier molecular flexibility index (Phi) is 5.42. The van der Waals surface area contributed by atoms with Gasteiger partial charge >= 0.3 is 0 Å². The highest BCUT2D eigenvalue weighted by molar-refractivity contribution is 5.94. The van der Waals surface area contributed by atoms with Gasteiger partial charge in [-0.15, -0.1) is 0 Å². The van der Waals surface area contributed by atoms with E-state index in [4.69, 9.17) is 9.47 Å². The Balaban J connectivity index is 1.81. The van der Waals surface area contributed by atoms with E-state index in [1.54, 1.807) is 20.3 Å². The van der Waals surface area contributed by atoms with Gasteiger partial charge in [0.05, 0.1) is 20.3 Å². The zero-order chi connectivity index (χ0) is 18.7. The molecule has 2 aromatic rings. The van der Waals surface area contributed by atoms with Crippen LogP contribution in [0.2, 0.25) is 0 Å². The Morgan fingerprint density at radius 3 is 2.65 bits per heavy atom. The van der Waals surface area contributed by atoms with Gasteiger partial charge < -0.3 is 14.8 Å². The number of hydrogen-bond donors (Lipinski definition) is 1. The first-order valence-electron chi connectivity index (χ1n) is 8.52. The summed E-state index contributed by atoms with van der Waals surface area (Å²) < 4.78 is 24.1. The number of carbonyl (C=O) groups is 1. The highest BCUT2D eigenvalue weighted by Gasteiger charge is 2.27. The first kappa shape index (κ1) is 18.2. The number of amides is 1. The molecule has 1 aliphatic heterocycles. The first-order valence-corrected chi connectivity index (χ1v) is 8.52. The van der Waals surface area contributed by atoms with E-state index in [9.17, 15) is 9.18 Å². The second kappa shape index (κ2) is 7.74. The number of benzene rings is 2. The molecule has 5 nitrogen and oxygen atoms in total. The van der Waals surface area contributed by atoms with E-state index in [1.807, 2.05) is 19.2 Å². The van der Waals surface area contributed by atoms with Gasteiger partial charge in [0.15, 0.2) is 11.5 Å². The number of likely N-dealkylation sites (N-methyl/N-ethyl adjacent to an activating group) is 1. The monoisotopic (exact) mass is 358 g/mol. The van der Waals surface area contributed by atoms with E-state index < -0.39 is 5.82 Å². The van der Waals surface area contributed by atoms with Crippen LogP contribution in [0.15, 0.2) is 36.4 Å². The average Bonchev–Trinajstić information content (AvgIpc) is 2.65. The SMILES string of the molecule is COc1cc2c(cc1OC)C(CNC(=O)c1cccc(F)c1)N(C)CC2. The summed E-state index contributed by atoms with van der Waals surface area (Å²) in [6, 6.07) is 9.68. The molecule has 1 aliphatic rings. The molecule has 0 saturated heterocycles. The van der Waals surface area contributed by atoms with Crippen LogP contribution in [0.25, 0.3) is 0 Å². The summed E-state index contributed by atoms with van der Waals surface area (Å²) in [5, 5.41) is 2.91. The molecular weight excluding hydrogens is 335 g/mol. The van der Waals surface area contributed by atoms with Crippen molar-refractivity contribution in [1.82, 2.24) is 10.2 Å². The number of ether oxygens (including phenoxy) is 2. The van der Waals surface area contributed by atoms with Gasteiger partial charge in [0.1, 0.15) is 5.82 Å². The Labute approximate surface area is 152 Å². The minimum absolute atomic E-state index is 0.0102. The second-order valence-electron chi connectivity index (χ2n) is 6.37. The number of nitrogens with one attached hydrogen (secondary N) is 1. The van der Waals surface area contributed by atoms with Crippen LogP contribution in [0, 0.1) is 5.82 Å². The largest absolute Gasteiger partial charge is 0.493 e. The maximum absolute atomic E-state index is 13.3. The van der Waals surface area contributed by atoms with E-state index in [-0.39, 0.29) is 11.9 Å². The summed E-state index contributed by atoms with van der Waals surface area (Å²) in [5.41, 5.74) is 2.61. The number of rotatable bonds is 5. The molecular formula is C20H23FN2O3. The van der Waals surface area contributed by atoms with Crippen LogP contribution in [0.1, 0.15) is 27.5 Å². The Morgan fingerprint density at radius 2 is 1.96 bits per heavy atom. The molecule has 0 aliphatic carbocycles. The Bertz CT molecular complexity index is 810. The van der Waals surface area contributed by atoms with E-state index in [0.29, 0.717) is 23.6 Å². The fourth-order valence-corrected chi connectivity index (χ4v) is 3.34. The predicted molar refractivity (Wildman–Crippen MR) is 97.4 cm³/mol. The smallest absolute Gasteiger partial charge is 0.251 e. The third-order valence-electron chi connectivity index (χ3n) is 4.81. The maximum Gasteiger partial charge on any atom is 0.251 e. The molecule has 6 heteroatoms. The number of methoxy groups -OCH3 is 2. The van der Waals surface area contributed by atoms with Crippen molar-refractivity contribution in [2.24, 2.45) is 0 Å². The fraction of sp³-hybridized carbons (Fsp3) is 0.350. The van der Waals surface area contributed by atoms with Crippen molar-refractivity contribution in [3.63, 3.8) is 0 Å². The van der Waals surface area contributed by atoms with Gasteiger partial charge in [-0.05, 0) is 54.9 Å². The van der Waals surface area contributed by atoms with Crippen molar-refractivity contribution in [3.05, 3.63) is 58.9 Å². The molecule has 1 unspecified atom stereocenters. The van der Waals surface area contributed by atoms with Gasteiger partial charge in [-0.1, -0.05) is 6.07 Å². The third kappa shape index (κ3) is 3.65. The standard InChI is InChI=1S/C20H23FN2O3/c1-23-8-7-13-10-18(25-2)19(26-3)11-16(13)17(23)12-22-20(24)14-5-4-6-15(21)9-14/h4-6,9-11,17H,7-8,12H2,1-3H3,(H,22,24). The summed E-state index contributed by atoms with van der Waals surface area (Å²) in [4.78, 5) is 14.5. The lowest BCUT2D eigenvalue weighted by Crippen LogP contribution is -2.40. The van der Waals surface area contributed by atoms with Gasteiger partial charge in [0.2, 0.25) is 0 Å². The lowest BCUT2D eigenvalue weighted by molar-refractivity contribution is 0.0936. The van der Waals surface area contributed by atoms with Gasteiger partial charge in [-0.3, -0.25) is 9.69 Å². The molecule has 26 heavy (non-hydrogen) atoms. The summed E-state index contributed by atoms with van der Waals surface area (Å²) in [6.07, 6.45) is 0.903. The number of hydrogen-bond acceptors (Lipinski definition) is 4. The minimum Gasteiger partial charge on any atom is -0.493 e. The van der Waals surface area contributed by atoms with Crippen molar-refractivity contribution in [3.8, 4) is 11.5 Å². The van der Waals surface area contributed by atoms with Crippen LogP contribution < -0.4 is 14.8 Å². The number of halogens is 1. The van der Waals surface area contributed by atoms with Crippen LogP contribution in [0.3, 0.4) is 0 Å². The number of carbonyl (C=O) groups excluding carboxylic acids is 1. The molecule has 3 rings (SSSR count). The zero-order valence-corrected chi connectivity index (χ0v) is 15.2. The van der Waals surface area contributed by atoms with Gasteiger partial charge in [0.25, 0.3) is 5.91 Å². The summed E-state index contributed by atoms with van der Waals surface area (Å²) >= 11 is 0. The molecule has 0 bridgehead atoms. The van der Waals surface area contributed by atoms with Crippen molar-refractivity contribution < 1.29 is 18.7 Å². The number of nitrogens with zero attached hydrogens (tertiary/aromatic N) is 1. The highest BCUT2D eigenvalue weighted by Crippen LogP contribution is 2.37. The summed E-state index contributed by atoms with van der Waals surface area (Å²) in [6.45, 7) is 1.30. The quantitative estimate of drug-likeness (QED) is 0.893. The van der Waals surface area contributed by atoms with Gasteiger partial charge in [-0.25, -0.2) is 4.39 Å². The third-order valence-corrected chi connectivity index (χ3v) is 4.81. The second-order valence-corrected chi connectivity index (χ2v) is 6.37. The first-order chi connectivity index (χ1) is 12.5. The molecule has 1 N–H and O–H groups in total.